The van der Waals surface area contributed by atoms with Gasteiger partial charge in [-0.05, 0) is 77.5 Å². The second-order valence-electron chi connectivity index (χ2n) is 5.84. The van der Waals surface area contributed by atoms with Crippen LogP contribution in [0.15, 0.2) is 65.2 Å². The number of nitrogens with zero attached hydrogens (tertiary/aromatic N) is 2. The molecule has 2 heterocycles. The number of benzene rings is 2. The summed E-state index contributed by atoms with van der Waals surface area (Å²) < 4.78 is 6.80. The molecular weight excluding hydrogens is 441 g/mol. The third-order valence-electron chi connectivity index (χ3n) is 3.97. The maximum atomic E-state index is 12.5. The van der Waals surface area contributed by atoms with E-state index in [1.54, 1.807) is 12.3 Å². The zero-order chi connectivity index (χ0) is 18.1. The number of pyridine rings is 1. The standard InChI is InChI=1S/C20H14IN3O2/c1-12-7-8-13(11-16(12)21)19(25)23-15-5-2-4-14(10-15)20-24-18-17(26-20)6-3-9-22-18/h2-11H,1H3,(H,23,25). The molecule has 0 atom stereocenters. The van der Waals surface area contributed by atoms with Gasteiger partial charge in [-0.2, -0.15) is 4.98 Å². The highest BCUT2D eigenvalue weighted by atomic mass is 127. The molecule has 26 heavy (non-hydrogen) atoms. The highest BCUT2D eigenvalue weighted by Crippen LogP contribution is 2.25. The fourth-order valence-electron chi connectivity index (χ4n) is 2.56. The van der Waals surface area contributed by atoms with E-state index in [0.717, 1.165) is 14.7 Å². The quantitative estimate of drug-likeness (QED) is 0.439. The van der Waals surface area contributed by atoms with Gasteiger partial charge in [-0.15, -0.1) is 0 Å². The van der Waals surface area contributed by atoms with Gasteiger partial charge in [0.05, 0.1) is 0 Å². The molecule has 1 N–H and O–H groups in total. The van der Waals surface area contributed by atoms with Crippen LogP contribution in [0.3, 0.4) is 0 Å². The minimum absolute atomic E-state index is 0.153. The Balaban J connectivity index is 1.61. The number of fused-ring (bicyclic) bond motifs is 1. The number of nitrogens with one attached hydrogen (secondary N) is 1. The number of amides is 1. The predicted molar refractivity (Wildman–Crippen MR) is 109 cm³/mol. The van der Waals surface area contributed by atoms with Crippen LogP contribution < -0.4 is 5.32 Å². The van der Waals surface area contributed by atoms with E-state index in [-0.39, 0.29) is 5.91 Å². The Hall–Kier alpha value is -2.74. The molecule has 0 unspecified atom stereocenters. The number of anilines is 1. The van der Waals surface area contributed by atoms with Gasteiger partial charge in [0.25, 0.3) is 5.91 Å². The SMILES string of the molecule is Cc1ccc(C(=O)Nc2cccc(-c3nc4ncccc4o3)c2)cc1I. The number of hydrogen-bond acceptors (Lipinski definition) is 4. The summed E-state index contributed by atoms with van der Waals surface area (Å²) in [6.45, 7) is 2.02. The number of carbonyl (C=O) groups is 1. The molecular formula is C20H14IN3O2. The van der Waals surface area contributed by atoms with Gasteiger partial charge < -0.3 is 9.73 Å². The lowest BCUT2D eigenvalue weighted by Crippen LogP contribution is -2.12. The molecule has 0 bridgehead atoms. The molecule has 128 valence electrons. The first-order valence-electron chi connectivity index (χ1n) is 8.00. The van der Waals surface area contributed by atoms with Gasteiger partial charge in [-0.3, -0.25) is 4.79 Å². The molecule has 4 rings (SSSR count). The minimum atomic E-state index is -0.153. The number of aryl methyl sites for hydroxylation is 1. The molecule has 0 radical (unpaired) electrons. The summed E-state index contributed by atoms with van der Waals surface area (Å²) in [5, 5.41) is 2.92. The molecule has 4 aromatic rings. The van der Waals surface area contributed by atoms with Crippen LogP contribution in [0.4, 0.5) is 5.69 Å². The van der Waals surface area contributed by atoms with E-state index in [4.69, 9.17) is 4.42 Å². The Morgan fingerprint density at radius 1 is 1.12 bits per heavy atom. The Kier molecular flexibility index (Phi) is 4.42. The van der Waals surface area contributed by atoms with Gasteiger partial charge in [0.2, 0.25) is 5.89 Å². The molecule has 0 saturated carbocycles. The summed E-state index contributed by atoms with van der Waals surface area (Å²) in [7, 11) is 0. The first kappa shape index (κ1) is 16.7. The molecule has 5 nitrogen and oxygen atoms in total. The highest BCUT2D eigenvalue weighted by molar-refractivity contribution is 14.1. The second kappa shape index (κ2) is 6.87. The summed E-state index contributed by atoms with van der Waals surface area (Å²) >= 11 is 2.23. The van der Waals surface area contributed by atoms with Crippen LogP contribution in [0.25, 0.3) is 22.7 Å². The van der Waals surface area contributed by atoms with Gasteiger partial charge >= 0.3 is 0 Å². The van der Waals surface area contributed by atoms with Crippen molar-refractivity contribution in [1.29, 1.82) is 0 Å². The normalized spacial score (nSPS) is 10.8. The van der Waals surface area contributed by atoms with E-state index >= 15 is 0 Å². The van der Waals surface area contributed by atoms with Gasteiger partial charge in [-0.1, -0.05) is 12.1 Å². The zero-order valence-corrected chi connectivity index (χ0v) is 16.0. The van der Waals surface area contributed by atoms with Crippen LogP contribution >= 0.6 is 22.6 Å². The van der Waals surface area contributed by atoms with Crippen molar-refractivity contribution in [2.24, 2.45) is 0 Å². The monoisotopic (exact) mass is 455 g/mol. The van der Waals surface area contributed by atoms with Crippen LogP contribution in [-0.4, -0.2) is 15.9 Å². The van der Waals surface area contributed by atoms with Crippen molar-refractivity contribution in [1.82, 2.24) is 9.97 Å². The van der Waals surface area contributed by atoms with E-state index in [9.17, 15) is 4.79 Å². The molecule has 1 amide bonds. The lowest BCUT2D eigenvalue weighted by Gasteiger charge is -2.07. The average molecular weight is 455 g/mol. The topological polar surface area (TPSA) is 68.0 Å². The van der Waals surface area contributed by atoms with Gasteiger partial charge in [0.1, 0.15) is 0 Å². The lowest BCUT2D eigenvalue weighted by molar-refractivity contribution is 0.102. The van der Waals surface area contributed by atoms with Crippen LogP contribution in [-0.2, 0) is 0 Å². The third kappa shape index (κ3) is 3.32. The Morgan fingerprint density at radius 2 is 2.00 bits per heavy atom. The van der Waals surface area contributed by atoms with Crippen LogP contribution in [0.2, 0.25) is 0 Å². The van der Waals surface area contributed by atoms with Crippen LogP contribution in [0, 0.1) is 10.5 Å². The number of aromatic nitrogens is 2. The lowest BCUT2D eigenvalue weighted by atomic mass is 10.1. The van der Waals surface area contributed by atoms with E-state index in [2.05, 4.69) is 37.9 Å². The van der Waals surface area contributed by atoms with Crippen molar-refractivity contribution in [3.63, 3.8) is 0 Å². The first-order chi connectivity index (χ1) is 12.6. The van der Waals surface area contributed by atoms with E-state index in [1.165, 1.54) is 0 Å². The largest absolute Gasteiger partial charge is 0.434 e. The van der Waals surface area contributed by atoms with Crippen molar-refractivity contribution in [3.8, 4) is 11.5 Å². The number of hydrogen-bond donors (Lipinski definition) is 1. The summed E-state index contributed by atoms with van der Waals surface area (Å²) in [6.07, 6.45) is 1.67. The van der Waals surface area contributed by atoms with Crippen LogP contribution in [0.1, 0.15) is 15.9 Å². The smallest absolute Gasteiger partial charge is 0.255 e. The molecule has 6 heteroatoms. The minimum Gasteiger partial charge on any atom is -0.434 e. The maximum absolute atomic E-state index is 12.5. The Labute approximate surface area is 163 Å². The Morgan fingerprint density at radius 3 is 2.81 bits per heavy atom. The molecule has 0 saturated heterocycles. The molecule has 0 spiro atoms. The number of carbonyl (C=O) groups excluding carboxylic acids is 1. The van der Waals surface area contributed by atoms with E-state index in [1.807, 2.05) is 55.5 Å². The second-order valence-corrected chi connectivity index (χ2v) is 7.01. The fourth-order valence-corrected chi connectivity index (χ4v) is 3.08. The van der Waals surface area contributed by atoms with Crippen LogP contribution in [0.5, 0.6) is 0 Å². The first-order valence-corrected chi connectivity index (χ1v) is 9.07. The molecule has 0 fully saturated rings. The number of oxazole rings is 1. The Bertz CT molecular complexity index is 1090. The molecule has 2 aromatic heterocycles. The van der Waals surface area contributed by atoms with E-state index in [0.29, 0.717) is 28.4 Å². The predicted octanol–water partition coefficient (Wildman–Crippen LogP) is 5.06. The van der Waals surface area contributed by atoms with Crippen molar-refractivity contribution in [3.05, 3.63) is 75.5 Å². The number of rotatable bonds is 3. The van der Waals surface area contributed by atoms with Crippen molar-refractivity contribution in [2.45, 2.75) is 6.92 Å². The van der Waals surface area contributed by atoms with Crippen molar-refractivity contribution in [2.75, 3.05) is 5.32 Å². The van der Waals surface area contributed by atoms with Crippen molar-refractivity contribution >= 4 is 45.4 Å². The average Bonchev–Trinajstić information content (AvgIpc) is 3.08. The zero-order valence-electron chi connectivity index (χ0n) is 13.9. The summed E-state index contributed by atoms with van der Waals surface area (Å²) in [4.78, 5) is 21.1. The number of halogens is 1. The molecule has 0 aliphatic heterocycles. The van der Waals surface area contributed by atoms with Crippen molar-refractivity contribution < 1.29 is 9.21 Å². The van der Waals surface area contributed by atoms with Gasteiger partial charge in [-0.25, -0.2) is 4.98 Å². The molecule has 0 aliphatic carbocycles. The maximum Gasteiger partial charge on any atom is 0.255 e. The molecule has 0 aliphatic rings. The van der Waals surface area contributed by atoms with Gasteiger partial charge in [0.15, 0.2) is 11.2 Å². The summed E-state index contributed by atoms with van der Waals surface area (Å²) in [5.74, 6) is 0.319. The highest BCUT2D eigenvalue weighted by Gasteiger charge is 2.11. The fraction of sp³-hybridized carbons (Fsp3) is 0.0500. The third-order valence-corrected chi connectivity index (χ3v) is 5.13. The van der Waals surface area contributed by atoms with Gasteiger partial charge in [0, 0.05) is 26.6 Å². The summed E-state index contributed by atoms with van der Waals surface area (Å²) in [6, 6.07) is 16.7. The van der Waals surface area contributed by atoms with E-state index < -0.39 is 0 Å². The summed E-state index contributed by atoms with van der Waals surface area (Å²) in [5.41, 5.74) is 4.42. The molecule has 2 aromatic carbocycles.